The quantitative estimate of drug-likeness (QED) is 0.788. The van der Waals surface area contributed by atoms with Crippen LogP contribution in [0.25, 0.3) is 0 Å². The molecule has 0 saturated carbocycles. The van der Waals surface area contributed by atoms with Gasteiger partial charge in [-0.25, -0.2) is 0 Å². The molecule has 5 heteroatoms. The Morgan fingerprint density at radius 2 is 2.00 bits per heavy atom. The summed E-state index contributed by atoms with van der Waals surface area (Å²) in [6.07, 6.45) is 2.24. The Hall–Kier alpha value is -0.320. The molecule has 0 radical (unpaired) electrons. The van der Waals surface area contributed by atoms with Crippen molar-refractivity contribution < 1.29 is 9.53 Å². The van der Waals surface area contributed by atoms with Crippen LogP contribution < -0.4 is 5.73 Å². The number of carbonyl (C=O) groups excluding carboxylic acids is 1. The third-order valence-corrected chi connectivity index (χ3v) is 2.72. The van der Waals surface area contributed by atoms with E-state index < -0.39 is 5.54 Å². The molecule has 0 spiro atoms. The van der Waals surface area contributed by atoms with E-state index in [0.717, 1.165) is 13.0 Å². The molecule has 0 aliphatic carbocycles. The van der Waals surface area contributed by atoms with Crippen LogP contribution in [0.2, 0.25) is 0 Å². The van der Waals surface area contributed by atoms with Crippen LogP contribution in [0.5, 0.6) is 0 Å². The maximum atomic E-state index is 12.0. The highest BCUT2D eigenvalue weighted by Crippen LogP contribution is 2.19. The first-order chi connectivity index (χ1) is 6.60. The summed E-state index contributed by atoms with van der Waals surface area (Å²) in [5.74, 6) is 0.0580. The van der Waals surface area contributed by atoms with E-state index in [4.69, 9.17) is 10.5 Å². The van der Waals surface area contributed by atoms with E-state index in [-0.39, 0.29) is 18.3 Å². The van der Waals surface area contributed by atoms with Crippen LogP contribution in [-0.4, -0.2) is 43.2 Å². The van der Waals surface area contributed by atoms with Gasteiger partial charge < -0.3 is 15.4 Å². The Kier molecular flexibility index (Phi) is 6.17. The average molecular weight is 237 g/mol. The van der Waals surface area contributed by atoms with Gasteiger partial charge >= 0.3 is 0 Å². The largest absolute Gasteiger partial charge is 0.381 e. The van der Waals surface area contributed by atoms with Gasteiger partial charge in [0.25, 0.3) is 0 Å². The van der Waals surface area contributed by atoms with Crippen molar-refractivity contribution in [1.29, 1.82) is 0 Å². The summed E-state index contributed by atoms with van der Waals surface area (Å²) in [7, 11) is 1.82. The molecule has 1 heterocycles. The SMILES string of the molecule is CCCN(C)C(=O)C1(N)CCOCC1.Cl. The van der Waals surface area contributed by atoms with E-state index in [2.05, 4.69) is 6.92 Å². The van der Waals surface area contributed by atoms with Crippen molar-refractivity contribution in [1.82, 2.24) is 4.90 Å². The second-order valence-electron chi connectivity index (χ2n) is 4.00. The standard InChI is InChI=1S/C10H20N2O2.ClH/c1-3-6-12(2)9(13)10(11)4-7-14-8-5-10;/h3-8,11H2,1-2H3;1H. The lowest BCUT2D eigenvalue weighted by molar-refractivity contribution is -0.139. The van der Waals surface area contributed by atoms with Crippen molar-refractivity contribution in [2.75, 3.05) is 26.8 Å². The van der Waals surface area contributed by atoms with E-state index in [1.54, 1.807) is 4.90 Å². The number of nitrogens with two attached hydrogens (primary N) is 1. The number of nitrogens with zero attached hydrogens (tertiary/aromatic N) is 1. The molecule has 1 rings (SSSR count). The molecule has 4 nitrogen and oxygen atoms in total. The predicted octanol–water partition coefficient (Wildman–Crippen LogP) is 0.784. The van der Waals surface area contributed by atoms with Gasteiger partial charge in [0.05, 0.1) is 5.54 Å². The first kappa shape index (κ1) is 14.7. The Bertz CT molecular complexity index is 206. The molecule has 1 aliphatic heterocycles. The number of hydrogen-bond acceptors (Lipinski definition) is 3. The Balaban J connectivity index is 0.00000196. The molecule has 1 amide bonds. The van der Waals surface area contributed by atoms with Crippen molar-refractivity contribution in [2.45, 2.75) is 31.7 Å². The number of ether oxygens (including phenoxy) is 1. The lowest BCUT2D eigenvalue weighted by Gasteiger charge is -2.35. The fourth-order valence-corrected chi connectivity index (χ4v) is 1.77. The van der Waals surface area contributed by atoms with Crippen LogP contribution in [-0.2, 0) is 9.53 Å². The van der Waals surface area contributed by atoms with Crippen molar-refractivity contribution >= 4 is 18.3 Å². The van der Waals surface area contributed by atoms with Crippen molar-refractivity contribution in [2.24, 2.45) is 5.73 Å². The molecule has 0 atom stereocenters. The van der Waals surface area contributed by atoms with Gasteiger partial charge in [0.15, 0.2) is 0 Å². The number of rotatable bonds is 3. The predicted molar refractivity (Wildman–Crippen MR) is 62.1 cm³/mol. The molecule has 0 bridgehead atoms. The fourth-order valence-electron chi connectivity index (χ4n) is 1.77. The van der Waals surface area contributed by atoms with E-state index in [1.165, 1.54) is 0 Å². The maximum absolute atomic E-state index is 12.0. The van der Waals surface area contributed by atoms with Gasteiger partial charge in [-0.05, 0) is 19.3 Å². The highest BCUT2D eigenvalue weighted by Gasteiger charge is 2.37. The zero-order valence-electron chi connectivity index (χ0n) is 9.49. The van der Waals surface area contributed by atoms with Crippen LogP contribution in [0.1, 0.15) is 26.2 Å². The maximum Gasteiger partial charge on any atom is 0.242 e. The molecule has 0 aromatic carbocycles. The monoisotopic (exact) mass is 236 g/mol. The summed E-state index contributed by atoms with van der Waals surface area (Å²) in [6.45, 7) is 4.03. The molecule has 2 N–H and O–H groups in total. The van der Waals surface area contributed by atoms with E-state index in [0.29, 0.717) is 26.1 Å². The van der Waals surface area contributed by atoms with E-state index >= 15 is 0 Å². The summed E-state index contributed by atoms with van der Waals surface area (Å²) in [4.78, 5) is 13.7. The molecule has 0 unspecified atom stereocenters. The second kappa shape index (κ2) is 6.30. The Morgan fingerprint density at radius 1 is 1.47 bits per heavy atom. The first-order valence-corrected chi connectivity index (χ1v) is 5.22. The Morgan fingerprint density at radius 3 is 2.47 bits per heavy atom. The summed E-state index contributed by atoms with van der Waals surface area (Å²) in [5, 5.41) is 0. The van der Waals surface area contributed by atoms with Crippen LogP contribution >= 0.6 is 12.4 Å². The van der Waals surface area contributed by atoms with Crippen LogP contribution in [0, 0.1) is 0 Å². The topological polar surface area (TPSA) is 55.6 Å². The van der Waals surface area contributed by atoms with Gasteiger partial charge in [-0.1, -0.05) is 6.92 Å². The minimum atomic E-state index is -0.678. The third kappa shape index (κ3) is 3.63. The number of halogens is 1. The fraction of sp³-hybridized carbons (Fsp3) is 0.900. The summed E-state index contributed by atoms with van der Waals surface area (Å²) < 4.78 is 5.20. The molecule has 0 aromatic heterocycles. The summed E-state index contributed by atoms with van der Waals surface area (Å²) >= 11 is 0. The van der Waals surface area contributed by atoms with Gasteiger partial charge in [-0.15, -0.1) is 12.4 Å². The van der Waals surface area contributed by atoms with Crippen molar-refractivity contribution in [3.8, 4) is 0 Å². The lowest BCUT2D eigenvalue weighted by Crippen LogP contribution is -2.57. The third-order valence-electron chi connectivity index (χ3n) is 2.72. The van der Waals surface area contributed by atoms with Gasteiger partial charge in [0.2, 0.25) is 5.91 Å². The molecule has 1 aliphatic rings. The summed E-state index contributed by atoms with van der Waals surface area (Å²) in [5.41, 5.74) is 5.38. The second-order valence-corrected chi connectivity index (χ2v) is 4.00. The van der Waals surface area contributed by atoms with Gasteiger partial charge in [0.1, 0.15) is 0 Å². The minimum absolute atomic E-state index is 0. The zero-order valence-corrected chi connectivity index (χ0v) is 10.3. The highest BCUT2D eigenvalue weighted by atomic mass is 35.5. The van der Waals surface area contributed by atoms with Gasteiger partial charge in [-0.2, -0.15) is 0 Å². The molecule has 0 aromatic rings. The van der Waals surface area contributed by atoms with Crippen LogP contribution in [0.4, 0.5) is 0 Å². The first-order valence-electron chi connectivity index (χ1n) is 5.22. The van der Waals surface area contributed by atoms with E-state index in [1.807, 2.05) is 7.05 Å². The smallest absolute Gasteiger partial charge is 0.242 e. The van der Waals surface area contributed by atoms with Crippen LogP contribution in [0.15, 0.2) is 0 Å². The zero-order chi connectivity index (χ0) is 10.6. The number of likely N-dealkylation sites (N-methyl/N-ethyl adjacent to an activating group) is 1. The molecule has 1 fully saturated rings. The highest BCUT2D eigenvalue weighted by molar-refractivity contribution is 5.86. The minimum Gasteiger partial charge on any atom is -0.381 e. The normalized spacial score (nSPS) is 19.1. The number of hydrogen-bond donors (Lipinski definition) is 1. The molecular formula is C10H21ClN2O2. The van der Waals surface area contributed by atoms with Gasteiger partial charge in [-0.3, -0.25) is 4.79 Å². The van der Waals surface area contributed by atoms with Gasteiger partial charge in [0, 0.05) is 26.8 Å². The van der Waals surface area contributed by atoms with E-state index in [9.17, 15) is 4.79 Å². The summed E-state index contributed by atoms with van der Waals surface area (Å²) in [6, 6.07) is 0. The van der Waals surface area contributed by atoms with Crippen molar-refractivity contribution in [3.05, 3.63) is 0 Å². The molecule has 15 heavy (non-hydrogen) atoms. The van der Waals surface area contributed by atoms with Crippen molar-refractivity contribution in [3.63, 3.8) is 0 Å². The lowest BCUT2D eigenvalue weighted by atomic mass is 9.90. The van der Waals surface area contributed by atoms with Crippen LogP contribution in [0.3, 0.4) is 0 Å². The average Bonchev–Trinajstić information content (AvgIpc) is 2.18. The molecular weight excluding hydrogens is 216 g/mol. The molecule has 90 valence electrons. The Labute approximate surface area is 97.5 Å². The number of carbonyl (C=O) groups is 1. The molecule has 1 saturated heterocycles. The number of amides is 1.